The summed E-state index contributed by atoms with van der Waals surface area (Å²) in [6.07, 6.45) is -7.13. The second kappa shape index (κ2) is 14.6. The number of nitrogens with one attached hydrogen (secondary N) is 1. The predicted octanol–water partition coefficient (Wildman–Crippen LogP) is 4.60. The first-order valence-electron chi connectivity index (χ1n) is 14.3. The van der Waals surface area contributed by atoms with Gasteiger partial charge in [0.25, 0.3) is 0 Å². The van der Waals surface area contributed by atoms with E-state index in [0.717, 1.165) is 12.3 Å². The van der Waals surface area contributed by atoms with Gasteiger partial charge < -0.3 is 29.2 Å². The summed E-state index contributed by atoms with van der Waals surface area (Å²) in [6.45, 7) is 4.80. The molecule has 0 radical (unpaired) electrons. The first-order valence-corrected chi connectivity index (χ1v) is 15.9. The lowest BCUT2D eigenvalue weighted by Gasteiger charge is -2.27. The molecular formula is C30H35F2N4O10P. The second-order valence-corrected chi connectivity index (χ2v) is 13.1. The van der Waals surface area contributed by atoms with Crippen molar-refractivity contribution >= 4 is 25.7 Å². The monoisotopic (exact) mass is 680 g/mol. The number of carbonyl (C=O) groups is 2. The third kappa shape index (κ3) is 9.58. The van der Waals surface area contributed by atoms with E-state index in [2.05, 4.69) is 10.1 Å². The third-order valence-corrected chi connectivity index (χ3v) is 8.02. The number of nitrogen functional groups attached to an aromatic ring is 1. The van der Waals surface area contributed by atoms with Crippen LogP contribution in [0.3, 0.4) is 0 Å². The number of aromatic nitrogens is 2. The van der Waals surface area contributed by atoms with E-state index in [1.165, 1.54) is 39.8 Å². The summed E-state index contributed by atoms with van der Waals surface area (Å²) >= 11 is 0. The van der Waals surface area contributed by atoms with Crippen LogP contribution in [0.2, 0.25) is 0 Å². The summed E-state index contributed by atoms with van der Waals surface area (Å²) in [6, 6.07) is 16.3. The van der Waals surface area contributed by atoms with Crippen molar-refractivity contribution in [1.29, 1.82) is 0 Å². The number of esters is 1. The number of hydrogen-bond donors (Lipinski definition) is 2. The van der Waals surface area contributed by atoms with Crippen LogP contribution in [0.1, 0.15) is 39.5 Å². The van der Waals surface area contributed by atoms with E-state index in [9.17, 15) is 18.9 Å². The number of ether oxygens (including phenoxy) is 4. The van der Waals surface area contributed by atoms with Crippen LogP contribution in [-0.2, 0) is 39.4 Å². The lowest BCUT2D eigenvalue weighted by atomic mass is 10.1. The molecule has 2 aromatic carbocycles. The SMILES string of the molecule is CC(NP(=O)(OC[C@H]1O[C@@H](n2ccc(N)nc2=O)C(F)(F)[C@@H]1OC(=O)OC(C)(C)C)Oc1ccccc1)C(=O)OCc1ccccc1. The molecule has 254 valence electrons. The fourth-order valence-corrected chi connectivity index (χ4v) is 5.76. The summed E-state index contributed by atoms with van der Waals surface area (Å²) in [4.78, 5) is 41.2. The Morgan fingerprint density at radius 2 is 1.74 bits per heavy atom. The second-order valence-electron chi connectivity index (χ2n) is 11.4. The van der Waals surface area contributed by atoms with Crippen LogP contribution < -0.4 is 21.0 Å². The quantitative estimate of drug-likeness (QED) is 0.200. The molecule has 2 heterocycles. The molecule has 1 aliphatic heterocycles. The van der Waals surface area contributed by atoms with Crippen LogP contribution in [0.25, 0.3) is 0 Å². The summed E-state index contributed by atoms with van der Waals surface area (Å²) in [5.41, 5.74) is 3.92. The number of anilines is 1. The first-order chi connectivity index (χ1) is 22.1. The number of carbonyl (C=O) groups excluding carboxylic acids is 2. The van der Waals surface area contributed by atoms with E-state index in [-0.39, 0.29) is 18.2 Å². The highest BCUT2D eigenvalue weighted by Crippen LogP contribution is 2.49. The van der Waals surface area contributed by atoms with Crippen molar-refractivity contribution in [1.82, 2.24) is 14.6 Å². The summed E-state index contributed by atoms with van der Waals surface area (Å²) in [5.74, 6) is -5.07. The minimum absolute atomic E-state index is 0.0461. The van der Waals surface area contributed by atoms with Crippen LogP contribution in [0.15, 0.2) is 77.7 Å². The van der Waals surface area contributed by atoms with Gasteiger partial charge in [-0.1, -0.05) is 48.5 Å². The molecule has 5 atom stereocenters. The van der Waals surface area contributed by atoms with Gasteiger partial charge in [-0.2, -0.15) is 18.9 Å². The Morgan fingerprint density at radius 3 is 2.36 bits per heavy atom. The van der Waals surface area contributed by atoms with Crippen molar-refractivity contribution in [3.05, 3.63) is 89.0 Å². The first kappa shape index (κ1) is 35.5. The zero-order valence-electron chi connectivity index (χ0n) is 25.9. The smallest absolute Gasteiger partial charge is 0.460 e. The Bertz CT molecular complexity index is 1640. The lowest BCUT2D eigenvalue weighted by molar-refractivity contribution is -0.149. The fourth-order valence-electron chi connectivity index (χ4n) is 4.26. The van der Waals surface area contributed by atoms with Gasteiger partial charge in [0.05, 0.1) is 6.61 Å². The number of benzene rings is 2. The van der Waals surface area contributed by atoms with Gasteiger partial charge >= 0.3 is 31.5 Å². The highest BCUT2D eigenvalue weighted by molar-refractivity contribution is 7.52. The zero-order valence-corrected chi connectivity index (χ0v) is 26.8. The van der Waals surface area contributed by atoms with Gasteiger partial charge in [0.1, 0.15) is 35.9 Å². The number of nitrogens with two attached hydrogens (primary N) is 1. The van der Waals surface area contributed by atoms with E-state index in [0.29, 0.717) is 10.1 Å². The maximum Gasteiger partial charge on any atom is 0.509 e. The van der Waals surface area contributed by atoms with Gasteiger partial charge in [-0.25, -0.2) is 14.2 Å². The van der Waals surface area contributed by atoms with Crippen molar-refractivity contribution in [2.24, 2.45) is 0 Å². The molecule has 1 aliphatic rings. The van der Waals surface area contributed by atoms with Crippen LogP contribution in [-0.4, -0.2) is 58.1 Å². The van der Waals surface area contributed by atoms with Gasteiger partial charge in [0, 0.05) is 6.20 Å². The Morgan fingerprint density at radius 1 is 1.11 bits per heavy atom. The zero-order chi connectivity index (χ0) is 34.4. The van der Waals surface area contributed by atoms with Gasteiger partial charge in [-0.3, -0.25) is 13.9 Å². The molecule has 17 heteroatoms. The van der Waals surface area contributed by atoms with Crippen LogP contribution in [0.5, 0.6) is 5.75 Å². The van der Waals surface area contributed by atoms with E-state index in [4.69, 9.17) is 33.7 Å². The molecule has 3 aromatic rings. The van der Waals surface area contributed by atoms with Gasteiger partial charge in [-0.15, -0.1) is 0 Å². The van der Waals surface area contributed by atoms with Crippen molar-refractivity contribution in [2.75, 3.05) is 12.3 Å². The minimum atomic E-state index is -4.59. The molecule has 1 saturated heterocycles. The van der Waals surface area contributed by atoms with Crippen LogP contribution in [0, 0.1) is 0 Å². The van der Waals surface area contributed by atoms with Gasteiger partial charge in [-0.05, 0) is 51.5 Å². The topological polar surface area (TPSA) is 180 Å². The molecule has 0 spiro atoms. The molecule has 2 unspecified atom stereocenters. The molecule has 4 rings (SSSR count). The number of para-hydroxylation sites is 1. The summed E-state index contributed by atoms with van der Waals surface area (Å²) in [5, 5.41) is 2.45. The average Bonchev–Trinajstić information content (AvgIpc) is 3.23. The Labute approximate surface area is 268 Å². The molecule has 0 saturated carbocycles. The average molecular weight is 681 g/mol. The molecule has 14 nitrogen and oxygen atoms in total. The Balaban J connectivity index is 1.58. The molecule has 47 heavy (non-hydrogen) atoms. The number of nitrogens with zero attached hydrogens (tertiary/aromatic N) is 2. The normalized spacial score (nSPS) is 20.9. The van der Waals surface area contributed by atoms with Gasteiger partial charge in [0.15, 0.2) is 0 Å². The molecular weight excluding hydrogens is 645 g/mol. The number of halogens is 2. The van der Waals surface area contributed by atoms with E-state index in [1.54, 1.807) is 48.5 Å². The largest absolute Gasteiger partial charge is 0.509 e. The van der Waals surface area contributed by atoms with E-state index >= 15 is 8.78 Å². The number of rotatable bonds is 12. The summed E-state index contributed by atoms with van der Waals surface area (Å²) < 4.78 is 78.2. The van der Waals surface area contributed by atoms with Gasteiger partial charge in [0.2, 0.25) is 12.3 Å². The van der Waals surface area contributed by atoms with E-state index < -0.39 is 68.2 Å². The predicted molar refractivity (Wildman–Crippen MR) is 162 cm³/mol. The molecule has 0 amide bonds. The Hall–Kier alpha value is -4.37. The maximum atomic E-state index is 15.9. The van der Waals surface area contributed by atoms with Crippen LogP contribution in [0.4, 0.5) is 19.4 Å². The maximum absolute atomic E-state index is 15.9. The van der Waals surface area contributed by atoms with E-state index in [1.807, 2.05) is 0 Å². The number of alkyl halides is 2. The van der Waals surface area contributed by atoms with Crippen LogP contribution >= 0.6 is 7.75 Å². The fraction of sp³-hybridized carbons (Fsp3) is 0.400. The minimum Gasteiger partial charge on any atom is -0.460 e. The molecule has 1 fully saturated rings. The molecule has 3 N–H and O–H groups in total. The number of hydrogen-bond acceptors (Lipinski definition) is 12. The molecule has 1 aromatic heterocycles. The Kier molecular flexibility index (Phi) is 11.0. The van der Waals surface area contributed by atoms with Crippen molar-refractivity contribution < 1.29 is 50.9 Å². The molecule has 0 bridgehead atoms. The lowest BCUT2D eigenvalue weighted by Crippen LogP contribution is -2.45. The van der Waals surface area contributed by atoms with Crippen molar-refractivity contribution in [2.45, 2.75) is 70.3 Å². The van der Waals surface area contributed by atoms with Crippen molar-refractivity contribution in [3.63, 3.8) is 0 Å². The summed E-state index contributed by atoms with van der Waals surface area (Å²) in [7, 11) is -4.59. The highest BCUT2D eigenvalue weighted by Gasteiger charge is 2.63. The molecule has 0 aliphatic carbocycles. The highest BCUT2D eigenvalue weighted by atomic mass is 31.2. The standard InChI is InChI=1S/C30H35F2N4O10P/c1-19(25(37)41-17-20-11-7-5-8-12-20)35-47(40,46-21-13-9-6-10-14-21)42-18-22-24(44-28(39)45-29(2,3)4)30(31,32)26(43-22)36-16-15-23(33)34-27(36)38/h5-16,19,22,24,26H,17-18H2,1-4H3,(H,35,40)(H2,33,34,38)/t19?,22-,24-,26-,47?/m1/s1. The third-order valence-electron chi connectivity index (χ3n) is 6.37. The van der Waals surface area contributed by atoms with Crippen molar-refractivity contribution in [3.8, 4) is 5.75 Å².